The van der Waals surface area contributed by atoms with Gasteiger partial charge in [-0.2, -0.15) is 0 Å². The lowest BCUT2D eigenvalue weighted by Crippen LogP contribution is -1.94. The first-order chi connectivity index (χ1) is 17.3. The van der Waals surface area contributed by atoms with Crippen LogP contribution in [0, 0.1) is 0 Å². The van der Waals surface area contributed by atoms with Crippen LogP contribution in [0.2, 0.25) is 0 Å². The van der Waals surface area contributed by atoms with Crippen molar-refractivity contribution in [2.24, 2.45) is 0 Å². The van der Waals surface area contributed by atoms with E-state index < -0.39 is 0 Å². The molecular weight excluding hydrogens is 428 g/mol. The molecular formula is C31H18N4. The molecule has 0 saturated heterocycles. The maximum absolute atomic E-state index is 5.06. The molecule has 162 valence electrons. The molecule has 0 spiro atoms. The summed E-state index contributed by atoms with van der Waals surface area (Å²) in [4.78, 5) is 13.9. The van der Waals surface area contributed by atoms with Crippen LogP contribution in [0.25, 0.3) is 60.6 Å². The van der Waals surface area contributed by atoms with Gasteiger partial charge >= 0.3 is 0 Å². The van der Waals surface area contributed by atoms with Gasteiger partial charge in [0, 0.05) is 29.4 Å². The van der Waals surface area contributed by atoms with Crippen LogP contribution in [0.1, 0.15) is 22.3 Å². The monoisotopic (exact) mass is 446 g/mol. The molecule has 4 nitrogen and oxygen atoms in total. The number of pyridine rings is 3. The smallest absolute Gasteiger partial charge is 0.146 e. The lowest BCUT2D eigenvalue weighted by Gasteiger charge is -2.12. The van der Waals surface area contributed by atoms with Crippen LogP contribution in [0.5, 0.6) is 0 Å². The summed E-state index contributed by atoms with van der Waals surface area (Å²) < 4.78 is 2.24. The lowest BCUT2D eigenvalue weighted by atomic mass is 9.93. The minimum absolute atomic E-state index is 0.962. The Morgan fingerprint density at radius 3 is 2.54 bits per heavy atom. The van der Waals surface area contributed by atoms with Gasteiger partial charge in [0.05, 0.1) is 22.7 Å². The first-order valence-electron chi connectivity index (χ1n) is 12.0. The molecule has 0 radical (unpaired) electrons. The number of aromatic nitrogens is 4. The molecule has 0 N–H and O–H groups in total. The van der Waals surface area contributed by atoms with Crippen molar-refractivity contribution < 1.29 is 0 Å². The molecule has 9 rings (SSSR count). The van der Waals surface area contributed by atoms with Crippen LogP contribution < -0.4 is 0 Å². The number of nitrogens with zero attached hydrogens (tertiary/aromatic N) is 4. The van der Waals surface area contributed by atoms with Gasteiger partial charge in [-0.05, 0) is 87.0 Å². The Bertz CT molecular complexity index is 2070. The van der Waals surface area contributed by atoms with Gasteiger partial charge in [0.25, 0.3) is 0 Å². The van der Waals surface area contributed by atoms with Crippen molar-refractivity contribution in [2.45, 2.75) is 12.8 Å². The van der Waals surface area contributed by atoms with Crippen molar-refractivity contribution in [3.63, 3.8) is 0 Å². The summed E-state index contributed by atoms with van der Waals surface area (Å²) in [6, 6.07) is 22.4. The van der Waals surface area contributed by atoms with Crippen LogP contribution in [-0.4, -0.2) is 19.4 Å². The average molecular weight is 447 g/mol. The molecule has 4 heteroatoms. The summed E-state index contributed by atoms with van der Waals surface area (Å²) in [6.45, 7) is 0. The number of fused-ring (bicyclic) bond motifs is 15. The molecule has 0 saturated carbocycles. The van der Waals surface area contributed by atoms with Gasteiger partial charge < -0.3 is 0 Å². The molecule has 0 atom stereocenters. The Hall–Kier alpha value is -4.57. The van der Waals surface area contributed by atoms with Crippen molar-refractivity contribution >= 4 is 38.4 Å². The average Bonchev–Trinajstić information content (AvgIpc) is 3.58. The third-order valence-electron chi connectivity index (χ3n) is 7.99. The summed E-state index contributed by atoms with van der Waals surface area (Å²) in [5.74, 6) is 0. The van der Waals surface area contributed by atoms with E-state index in [0.717, 1.165) is 40.4 Å². The molecule has 4 heterocycles. The highest BCUT2D eigenvalue weighted by Gasteiger charge is 2.29. The standard InChI is InChI=1S/C31H18N4/c1-2-4-20-17(3-1)12-24-21(20)6-5-18-11-19-13-25-23(14-22(19)30(18)24)26-15-32-10-8-28(26)35-29-16-33-9-7-27(29)34-31(25)35/h1-10,13-16H,11-12H2. The second-order valence-corrected chi connectivity index (χ2v) is 9.72. The Kier molecular flexibility index (Phi) is 3.11. The highest BCUT2D eigenvalue weighted by molar-refractivity contribution is 6.15. The molecule has 0 aliphatic heterocycles. The zero-order valence-corrected chi connectivity index (χ0v) is 18.8. The van der Waals surface area contributed by atoms with Crippen LogP contribution in [0.3, 0.4) is 0 Å². The molecule has 7 aromatic rings. The number of hydrogen-bond donors (Lipinski definition) is 0. The van der Waals surface area contributed by atoms with Gasteiger partial charge in [0.15, 0.2) is 0 Å². The SMILES string of the molecule is c1ccc2c(c1)Cc1c-2ccc2c1-c1cc3c4cnccc4n4c5cnccc5nc4c3cc1C2. The van der Waals surface area contributed by atoms with E-state index in [9.17, 15) is 0 Å². The van der Waals surface area contributed by atoms with Crippen LogP contribution in [-0.2, 0) is 12.8 Å². The van der Waals surface area contributed by atoms with E-state index in [0.29, 0.717) is 0 Å². The third-order valence-corrected chi connectivity index (χ3v) is 7.99. The zero-order chi connectivity index (χ0) is 22.7. The third kappa shape index (κ3) is 2.15. The van der Waals surface area contributed by atoms with E-state index in [1.54, 1.807) is 0 Å². The van der Waals surface area contributed by atoms with Crippen LogP contribution in [0.4, 0.5) is 0 Å². The van der Waals surface area contributed by atoms with Crippen molar-refractivity contribution in [3.05, 3.63) is 108 Å². The summed E-state index contributed by atoms with van der Waals surface area (Å²) in [5, 5.41) is 3.53. The number of hydrogen-bond acceptors (Lipinski definition) is 3. The summed E-state index contributed by atoms with van der Waals surface area (Å²) in [5.41, 5.74) is 15.4. The first kappa shape index (κ1) is 17.8. The minimum Gasteiger partial charge on any atom is -0.290 e. The van der Waals surface area contributed by atoms with Crippen LogP contribution in [0.15, 0.2) is 85.5 Å². The number of imidazole rings is 1. The molecule has 2 aliphatic carbocycles. The van der Waals surface area contributed by atoms with Crippen molar-refractivity contribution in [1.29, 1.82) is 0 Å². The Labute approximate surface area is 200 Å². The highest BCUT2D eigenvalue weighted by atomic mass is 15.0. The summed E-state index contributed by atoms with van der Waals surface area (Å²) >= 11 is 0. The predicted molar refractivity (Wildman–Crippen MR) is 140 cm³/mol. The Morgan fingerprint density at radius 2 is 1.54 bits per heavy atom. The minimum atomic E-state index is 0.962. The van der Waals surface area contributed by atoms with Crippen molar-refractivity contribution in [3.8, 4) is 22.3 Å². The molecule has 0 unspecified atom stereocenters. The van der Waals surface area contributed by atoms with Gasteiger partial charge in [-0.1, -0.05) is 36.4 Å². The fourth-order valence-corrected chi connectivity index (χ4v) is 6.52. The van der Waals surface area contributed by atoms with Gasteiger partial charge in [-0.25, -0.2) is 4.98 Å². The Balaban J connectivity index is 1.41. The van der Waals surface area contributed by atoms with Gasteiger partial charge in [-0.3, -0.25) is 14.4 Å². The fourth-order valence-electron chi connectivity index (χ4n) is 6.52. The summed E-state index contributed by atoms with van der Waals surface area (Å²) in [7, 11) is 0. The van der Waals surface area contributed by atoms with Gasteiger partial charge in [-0.15, -0.1) is 0 Å². The normalized spacial score (nSPS) is 13.5. The van der Waals surface area contributed by atoms with E-state index in [1.807, 2.05) is 30.9 Å². The van der Waals surface area contributed by atoms with E-state index in [1.165, 1.54) is 55.3 Å². The zero-order valence-electron chi connectivity index (χ0n) is 18.8. The first-order valence-corrected chi connectivity index (χ1v) is 12.0. The second kappa shape index (κ2) is 6.10. The van der Waals surface area contributed by atoms with E-state index in [4.69, 9.17) is 4.98 Å². The molecule has 2 aliphatic rings. The largest absolute Gasteiger partial charge is 0.290 e. The molecule has 4 aromatic heterocycles. The predicted octanol–water partition coefficient (Wildman–Crippen LogP) is 6.73. The van der Waals surface area contributed by atoms with Gasteiger partial charge in [0.2, 0.25) is 0 Å². The van der Waals surface area contributed by atoms with E-state index >= 15 is 0 Å². The lowest BCUT2D eigenvalue weighted by molar-refractivity contribution is 1.23. The maximum atomic E-state index is 5.06. The van der Waals surface area contributed by atoms with Crippen molar-refractivity contribution in [1.82, 2.24) is 19.4 Å². The highest BCUT2D eigenvalue weighted by Crippen LogP contribution is 2.49. The van der Waals surface area contributed by atoms with E-state index in [2.05, 4.69) is 69.0 Å². The van der Waals surface area contributed by atoms with Crippen molar-refractivity contribution in [2.75, 3.05) is 0 Å². The number of benzene rings is 3. The molecule has 3 aromatic carbocycles. The quantitative estimate of drug-likeness (QED) is 0.243. The van der Waals surface area contributed by atoms with Crippen LogP contribution >= 0.6 is 0 Å². The topological polar surface area (TPSA) is 43.1 Å². The second-order valence-electron chi connectivity index (χ2n) is 9.72. The fraction of sp³-hybridized carbons (Fsp3) is 0.0645. The van der Waals surface area contributed by atoms with Gasteiger partial charge in [0.1, 0.15) is 5.65 Å². The molecule has 0 bridgehead atoms. The van der Waals surface area contributed by atoms with E-state index in [-0.39, 0.29) is 0 Å². The molecule has 0 fully saturated rings. The molecule has 35 heavy (non-hydrogen) atoms. The number of rotatable bonds is 0. The summed E-state index contributed by atoms with van der Waals surface area (Å²) in [6.07, 6.45) is 9.55. The maximum Gasteiger partial charge on any atom is 0.146 e. The molecule has 0 amide bonds. The Morgan fingerprint density at radius 1 is 0.629 bits per heavy atom.